The zero-order valence-corrected chi connectivity index (χ0v) is 10.6. The minimum absolute atomic E-state index is 0.664. The molecular formula is C12H27N3. The van der Waals surface area contributed by atoms with Crippen molar-refractivity contribution in [3.8, 4) is 0 Å². The number of nitrogens with two attached hydrogens (primary N) is 1. The van der Waals surface area contributed by atoms with Gasteiger partial charge in [-0.2, -0.15) is 0 Å². The Balaban J connectivity index is 2.62. The summed E-state index contributed by atoms with van der Waals surface area (Å²) in [5.41, 5.74) is 5.71. The van der Waals surface area contributed by atoms with Crippen molar-refractivity contribution in [3.05, 3.63) is 0 Å². The molecule has 0 aromatic rings. The molecule has 3 nitrogen and oxygen atoms in total. The van der Waals surface area contributed by atoms with E-state index in [1.165, 1.54) is 32.5 Å². The van der Waals surface area contributed by atoms with Gasteiger partial charge in [0.2, 0.25) is 0 Å². The molecule has 0 aromatic heterocycles. The lowest BCUT2D eigenvalue weighted by molar-refractivity contribution is 0.132. The van der Waals surface area contributed by atoms with Gasteiger partial charge in [0.25, 0.3) is 0 Å². The Bertz CT molecular complexity index is 172. The van der Waals surface area contributed by atoms with Crippen LogP contribution >= 0.6 is 0 Å². The molecule has 1 aliphatic heterocycles. The zero-order chi connectivity index (χ0) is 11.3. The smallest absolute Gasteiger partial charge is 0.0237 e. The Hall–Kier alpha value is -0.120. The highest BCUT2D eigenvalue weighted by molar-refractivity contribution is 4.82. The monoisotopic (exact) mass is 213 g/mol. The molecule has 90 valence electrons. The molecule has 0 aromatic carbocycles. The first-order valence-corrected chi connectivity index (χ1v) is 6.33. The van der Waals surface area contributed by atoms with E-state index >= 15 is 0 Å². The van der Waals surface area contributed by atoms with Crippen molar-refractivity contribution in [2.45, 2.75) is 45.2 Å². The number of hydrogen-bond donors (Lipinski definition) is 1. The fourth-order valence-corrected chi connectivity index (χ4v) is 2.53. The third-order valence-electron chi connectivity index (χ3n) is 3.60. The molecule has 3 heteroatoms. The van der Waals surface area contributed by atoms with Crippen LogP contribution in [0.25, 0.3) is 0 Å². The van der Waals surface area contributed by atoms with E-state index in [1.54, 1.807) is 0 Å². The molecule has 2 atom stereocenters. The lowest BCUT2D eigenvalue weighted by atomic mass is 10.1. The number of hydrogen-bond acceptors (Lipinski definition) is 3. The molecular weight excluding hydrogens is 186 g/mol. The fraction of sp³-hybridized carbons (Fsp3) is 1.00. The predicted octanol–water partition coefficient (Wildman–Crippen LogP) is 1.14. The molecule has 1 aliphatic rings. The lowest BCUT2D eigenvalue weighted by Gasteiger charge is -2.35. The molecule has 0 amide bonds. The molecule has 1 saturated heterocycles. The van der Waals surface area contributed by atoms with Crippen molar-refractivity contribution in [1.82, 2.24) is 9.80 Å². The quantitative estimate of drug-likeness (QED) is 0.760. The van der Waals surface area contributed by atoms with E-state index in [4.69, 9.17) is 5.73 Å². The van der Waals surface area contributed by atoms with Crippen LogP contribution in [0, 0.1) is 0 Å². The van der Waals surface area contributed by atoms with E-state index in [0.29, 0.717) is 12.1 Å². The van der Waals surface area contributed by atoms with Crippen LogP contribution in [0.4, 0.5) is 0 Å². The average molecular weight is 213 g/mol. The topological polar surface area (TPSA) is 32.5 Å². The van der Waals surface area contributed by atoms with Gasteiger partial charge in [0.05, 0.1) is 0 Å². The van der Waals surface area contributed by atoms with Crippen LogP contribution in [0.15, 0.2) is 0 Å². The summed E-state index contributed by atoms with van der Waals surface area (Å²) in [6.45, 7) is 9.08. The molecule has 0 spiro atoms. The van der Waals surface area contributed by atoms with Crippen molar-refractivity contribution in [1.29, 1.82) is 0 Å². The van der Waals surface area contributed by atoms with Gasteiger partial charge in [0.15, 0.2) is 0 Å². The third-order valence-corrected chi connectivity index (χ3v) is 3.60. The lowest BCUT2D eigenvalue weighted by Crippen LogP contribution is -2.45. The summed E-state index contributed by atoms with van der Waals surface area (Å²) in [4.78, 5) is 5.11. The normalized spacial score (nSPS) is 27.6. The van der Waals surface area contributed by atoms with Crippen molar-refractivity contribution in [2.75, 3.05) is 33.2 Å². The average Bonchev–Trinajstić information content (AvgIpc) is 2.39. The van der Waals surface area contributed by atoms with Gasteiger partial charge in [-0.05, 0) is 52.9 Å². The third kappa shape index (κ3) is 3.74. The number of rotatable bonds is 4. The summed E-state index contributed by atoms with van der Waals surface area (Å²) in [6, 6.07) is 1.37. The Morgan fingerprint density at radius 1 is 1.40 bits per heavy atom. The molecule has 2 unspecified atom stereocenters. The van der Waals surface area contributed by atoms with Crippen LogP contribution in [-0.2, 0) is 0 Å². The Morgan fingerprint density at radius 3 is 2.73 bits per heavy atom. The minimum Gasteiger partial charge on any atom is -0.330 e. The van der Waals surface area contributed by atoms with Crippen molar-refractivity contribution in [3.63, 3.8) is 0 Å². The summed E-state index contributed by atoms with van der Waals surface area (Å²) in [7, 11) is 2.23. The van der Waals surface area contributed by atoms with Gasteiger partial charge in [0, 0.05) is 18.6 Å². The zero-order valence-electron chi connectivity index (χ0n) is 10.6. The Kier molecular flexibility index (Phi) is 5.58. The summed E-state index contributed by atoms with van der Waals surface area (Å²) < 4.78 is 0. The van der Waals surface area contributed by atoms with Crippen LogP contribution in [0.2, 0.25) is 0 Å². The summed E-state index contributed by atoms with van der Waals surface area (Å²) in [5, 5.41) is 0. The first-order valence-electron chi connectivity index (χ1n) is 6.33. The molecule has 0 radical (unpaired) electrons. The molecule has 0 aliphatic carbocycles. The second-order valence-electron chi connectivity index (χ2n) is 4.84. The standard InChI is InChI=1S/C12H27N3/c1-4-11(2)15-9-5-8-14(3)10-12(15)6-7-13/h11-12H,4-10,13H2,1-3H3. The van der Waals surface area contributed by atoms with Gasteiger partial charge < -0.3 is 10.6 Å². The number of nitrogens with zero attached hydrogens (tertiary/aromatic N) is 2. The first-order chi connectivity index (χ1) is 7.19. The van der Waals surface area contributed by atoms with E-state index in [-0.39, 0.29) is 0 Å². The maximum atomic E-state index is 5.71. The molecule has 1 heterocycles. The van der Waals surface area contributed by atoms with Gasteiger partial charge in [-0.25, -0.2) is 0 Å². The van der Waals surface area contributed by atoms with Gasteiger partial charge in [-0.15, -0.1) is 0 Å². The van der Waals surface area contributed by atoms with E-state index < -0.39 is 0 Å². The predicted molar refractivity (Wildman–Crippen MR) is 66.0 cm³/mol. The highest BCUT2D eigenvalue weighted by Gasteiger charge is 2.25. The molecule has 15 heavy (non-hydrogen) atoms. The van der Waals surface area contributed by atoms with Crippen molar-refractivity contribution < 1.29 is 0 Å². The maximum absolute atomic E-state index is 5.71. The highest BCUT2D eigenvalue weighted by atomic mass is 15.2. The van der Waals surface area contributed by atoms with Crippen LogP contribution in [0.5, 0.6) is 0 Å². The minimum atomic E-state index is 0.664. The largest absolute Gasteiger partial charge is 0.330 e. The molecule has 2 N–H and O–H groups in total. The van der Waals surface area contributed by atoms with Gasteiger partial charge in [-0.1, -0.05) is 6.92 Å². The molecule has 0 saturated carbocycles. The second kappa shape index (κ2) is 6.46. The Morgan fingerprint density at radius 2 is 2.13 bits per heavy atom. The van der Waals surface area contributed by atoms with Crippen LogP contribution in [0.3, 0.4) is 0 Å². The van der Waals surface area contributed by atoms with Gasteiger partial charge in [-0.3, -0.25) is 4.90 Å². The van der Waals surface area contributed by atoms with Crippen LogP contribution in [0.1, 0.15) is 33.1 Å². The first kappa shape index (κ1) is 12.9. The maximum Gasteiger partial charge on any atom is 0.0237 e. The van der Waals surface area contributed by atoms with Gasteiger partial charge >= 0.3 is 0 Å². The van der Waals surface area contributed by atoms with Crippen molar-refractivity contribution >= 4 is 0 Å². The fourth-order valence-electron chi connectivity index (χ4n) is 2.53. The van der Waals surface area contributed by atoms with E-state index in [2.05, 4.69) is 30.7 Å². The van der Waals surface area contributed by atoms with E-state index in [1.807, 2.05) is 0 Å². The molecule has 1 fully saturated rings. The van der Waals surface area contributed by atoms with E-state index in [0.717, 1.165) is 13.0 Å². The SMILES string of the molecule is CCC(C)N1CCCN(C)CC1CCN. The summed E-state index contributed by atoms with van der Waals surface area (Å²) in [6.07, 6.45) is 3.67. The highest BCUT2D eigenvalue weighted by Crippen LogP contribution is 2.16. The Labute approximate surface area is 94.6 Å². The number of likely N-dealkylation sites (N-methyl/N-ethyl adjacent to an activating group) is 1. The van der Waals surface area contributed by atoms with Crippen molar-refractivity contribution in [2.24, 2.45) is 5.73 Å². The summed E-state index contributed by atoms with van der Waals surface area (Å²) in [5.74, 6) is 0. The second-order valence-corrected chi connectivity index (χ2v) is 4.84. The van der Waals surface area contributed by atoms with E-state index in [9.17, 15) is 0 Å². The van der Waals surface area contributed by atoms with Gasteiger partial charge in [0.1, 0.15) is 0 Å². The van der Waals surface area contributed by atoms with Crippen LogP contribution < -0.4 is 5.73 Å². The molecule has 0 bridgehead atoms. The molecule has 1 rings (SSSR count). The van der Waals surface area contributed by atoms with Crippen LogP contribution in [-0.4, -0.2) is 55.1 Å². The summed E-state index contributed by atoms with van der Waals surface area (Å²) >= 11 is 0.